The summed E-state index contributed by atoms with van der Waals surface area (Å²) in [6.07, 6.45) is 1.77. The topological polar surface area (TPSA) is 105 Å². The zero-order valence-corrected chi connectivity index (χ0v) is 17.1. The highest BCUT2D eigenvalue weighted by atomic mass is 32.3. The van der Waals surface area contributed by atoms with Gasteiger partial charge in [0, 0.05) is 0 Å². The Kier molecular flexibility index (Phi) is 6.36. The van der Waals surface area contributed by atoms with E-state index < -0.39 is 24.1 Å². The van der Waals surface area contributed by atoms with Crippen molar-refractivity contribution < 1.29 is 21.6 Å². The molecule has 0 atom stereocenters. The van der Waals surface area contributed by atoms with Crippen LogP contribution in [0, 0.1) is 0 Å². The molecule has 0 aromatic heterocycles. The smallest absolute Gasteiger partial charge is 0.359 e. The lowest BCUT2D eigenvalue weighted by Gasteiger charge is -2.15. The highest BCUT2D eigenvalue weighted by Gasteiger charge is 2.45. The van der Waals surface area contributed by atoms with Gasteiger partial charge in [-0.3, -0.25) is 0 Å². The Morgan fingerprint density at radius 1 is 0.815 bits per heavy atom. The summed E-state index contributed by atoms with van der Waals surface area (Å²) in [6.45, 7) is 5.71. The van der Waals surface area contributed by atoms with Gasteiger partial charge in [-0.25, -0.2) is 16.8 Å². The minimum atomic E-state index is -4.55. The Bertz CT molecular complexity index is 1100. The van der Waals surface area contributed by atoms with E-state index in [2.05, 4.69) is 4.79 Å². The summed E-state index contributed by atoms with van der Waals surface area (Å²) in [7, 11) is -9.05. The van der Waals surface area contributed by atoms with Crippen molar-refractivity contribution in [2.75, 3.05) is 0 Å². The van der Waals surface area contributed by atoms with Crippen molar-refractivity contribution in [1.29, 1.82) is 0 Å². The quantitative estimate of drug-likeness (QED) is 0.329. The summed E-state index contributed by atoms with van der Waals surface area (Å²) >= 11 is 0. The molecule has 27 heavy (non-hydrogen) atoms. The maximum atomic E-state index is 13.2. The summed E-state index contributed by atoms with van der Waals surface area (Å²) < 4.78 is 50.6. The highest BCUT2D eigenvalue weighted by molar-refractivity contribution is 8.31. The third-order valence-electron chi connectivity index (χ3n) is 4.46. The molecule has 0 aliphatic heterocycles. The molecule has 0 N–H and O–H groups in total. The fourth-order valence-corrected chi connectivity index (χ4v) is 6.85. The summed E-state index contributed by atoms with van der Waals surface area (Å²) in [5.41, 5.74) is 11.8. The molecule has 0 amide bonds. The second-order valence-electron chi connectivity index (χ2n) is 5.93. The van der Waals surface area contributed by atoms with Gasteiger partial charge in [-0.2, -0.15) is 0 Å². The predicted molar refractivity (Wildman–Crippen MR) is 104 cm³/mol. The van der Waals surface area contributed by atoms with Crippen molar-refractivity contribution in [3.8, 4) is 0 Å². The van der Waals surface area contributed by atoms with Gasteiger partial charge in [0.25, 0.3) is 19.7 Å². The molecule has 0 radical (unpaired) electrons. The summed E-state index contributed by atoms with van der Waals surface area (Å²) in [5.74, 6) is 0. The van der Waals surface area contributed by atoms with Crippen LogP contribution in [0.3, 0.4) is 0 Å². The largest absolute Gasteiger partial charge is 0.504 e. The molecular formula is C19H22N2O4S2. The molecule has 0 heterocycles. The molecular weight excluding hydrogens is 384 g/mol. The lowest BCUT2D eigenvalue weighted by molar-refractivity contribution is 0.00380. The number of sulfone groups is 2. The number of benzene rings is 2. The van der Waals surface area contributed by atoms with Crippen LogP contribution in [0.2, 0.25) is 0 Å². The average molecular weight is 407 g/mol. The van der Waals surface area contributed by atoms with Crippen LogP contribution in [0.15, 0.2) is 52.3 Å². The van der Waals surface area contributed by atoms with Gasteiger partial charge < -0.3 is 5.53 Å². The van der Waals surface area contributed by atoms with Crippen molar-refractivity contribution in [3.05, 3.63) is 64.7 Å². The lowest BCUT2D eigenvalue weighted by Crippen LogP contribution is -2.27. The van der Waals surface area contributed by atoms with E-state index in [4.69, 9.17) is 0 Å². The van der Waals surface area contributed by atoms with Crippen molar-refractivity contribution in [2.45, 2.75) is 49.8 Å². The second kappa shape index (κ2) is 8.17. The van der Waals surface area contributed by atoms with E-state index in [-0.39, 0.29) is 9.79 Å². The van der Waals surface area contributed by atoms with Gasteiger partial charge in [0.2, 0.25) is 0 Å². The maximum absolute atomic E-state index is 13.2. The standard InChI is InChI=1S/C19H22N2O4S2/c1-4-14-12-13-18(17(6-3)16(14)5-2)27(24,25)19(21-20)26(22,23)15-10-8-7-9-11-15/h7-13H,4-6H2,1-3H3. The molecule has 0 aliphatic rings. The van der Waals surface area contributed by atoms with Gasteiger partial charge in [0.15, 0.2) is 0 Å². The minimum absolute atomic E-state index is 0.133. The highest BCUT2D eigenvalue weighted by Crippen LogP contribution is 2.28. The van der Waals surface area contributed by atoms with Crippen molar-refractivity contribution >= 4 is 24.1 Å². The third-order valence-corrected chi connectivity index (χ3v) is 8.71. The monoisotopic (exact) mass is 406 g/mol. The molecule has 0 saturated carbocycles. The van der Waals surface area contributed by atoms with E-state index >= 15 is 0 Å². The van der Waals surface area contributed by atoms with Crippen LogP contribution in [0.25, 0.3) is 5.53 Å². The molecule has 144 valence electrons. The van der Waals surface area contributed by atoms with Crippen LogP contribution >= 0.6 is 0 Å². The molecule has 0 unspecified atom stereocenters. The summed E-state index contributed by atoms with van der Waals surface area (Å²) in [4.78, 5) is 2.32. The SMILES string of the molecule is CCc1ccc(S(=O)(=O)C(=[N+]=[N-])S(=O)(=O)c2ccccc2)c(CC)c1CC. The van der Waals surface area contributed by atoms with Crippen LogP contribution in [0.4, 0.5) is 0 Å². The zero-order chi connectivity index (χ0) is 20.2. The first-order valence-corrected chi connectivity index (χ1v) is 11.6. The van der Waals surface area contributed by atoms with E-state index in [9.17, 15) is 22.4 Å². The number of rotatable bonds is 5. The molecule has 8 heteroatoms. The van der Waals surface area contributed by atoms with Crippen LogP contribution in [-0.4, -0.2) is 26.0 Å². The van der Waals surface area contributed by atoms with Crippen molar-refractivity contribution in [3.63, 3.8) is 0 Å². The molecule has 0 aliphatic carbocycles. The first-order valence-electron chi connectivity index (χ1n) is 8.66. The number of aryl methyl sites for hydroxylation is 1. The maximum Gasteiger partial charge on any atom is 0.504 e. The third kappa shape index (κ3) is 3.74. The number of hydrogen-bond donors (Lipinski definition) is 0. The van der Waals surface area contributed by atoms with E-state index in [0.29, 0.717) is 18.4 Å². The van der Waals surface area contributed by atoms with Crippen LogP contribution in [-0.2, 0) is 38.9 Å². The number of hydrogen-bond acceptors (Lipinski definition) is 4. The molecule has 0 saturated heterocycles. The Labute approximate surface area is 160 Å². The predicted octanol–water partition coefficient (Wildman–Crippen LogP) is 3.21. The molecule has 0 fully saturated rings. The molecule has 0 bridgehead atoms. The molecule has 2 aromatic rings. The van der Waals surface area contributed by atoms with E-state index in [1.54, 1.807) is 12.1 Å². The minimum Gasteiger partial charge on any atom is -0.359 e. The zero-order valence-electron chi connectivity index (χ0n) is 15.5. The molecule has 0 spiro atoms. The van der Waals surface area contributed by atoms with Crippen LogP contribution < -0.4 is 0 Å². The van der Waals surface area contributed by atoms with Crippen LogP contribution in [0.5, 0.6) is 0 Å². The Hall–Kier alpha value is -2.28. The van der Waals surface area contributed by atoms with E-state index in [1.165, 1.54) is 30.3 Å². The van der Waals surface area contributed by atoms with Gasteiger partial charge >= 0.3 is 4.38 Å². The lowest BCUT2D eigenvalue weighted by atomic mass is 9.96. The van der Waals surface area contributed by atoms with E-state index in [1.807, 2.05) is 20.8 Å². The van der Waals surface area contributed by atoms with Gasteiger partial charge in [0.1, 0.15) is 0 Å². The Morgan fingerprint density at radius 2 is 1.41 bits per heavy atom. The van der Waals surface area contributed by atoms with Crippen molar-refractivity contribution in [1.82, 2.24) is 0 Å². The molecule has 2 aromatic carbocycles. The summed E-state index contributed by atoms with van der Waals surface area (Å²) in [5, 5.41) is 0. The van der Waals surface area contributed by atoms with E-state index in [0.717, 1.165) is 17.5 Å². The van der Waals surface area contributed by atoms with Gasteiger partial charge in [-0.05, 0) is 54.2 Å². The first kappa shape index (κ1) is 21.0. The average Bonchev–Trinajstić information content (AvgIpc) is 2.67. The Morgan fingerprint density at radius 3 is 1.89 bits per heavy atom. The fourth-order valence-electron chi connectivity index (χ4n) is 3.18. The second-order valence-corrected chi connectivity index (χ2v) is 9.88. The molecule has 2 rings (SSSR count). The van der Waals surface area contributed by atoms with Gasteiger partial charge in [-0.1, -0.05) is 45.0 Å². The first-order chi connectivity index (χ1) is 12.7. The van der Waals surface area contributed by atoms with Gasteiger partial charge in [-0.15, -0.1) is 4.79 Å². The molecule has 6 nitrogen and oxygen atoms in total. The summed E-state index contributed by atoms with van der Waals surface area (Å²) in [6, 6.07) is 10.2. The Balaban J connectivity index is 2.77. The van der Waals surface area contributed by atoms with Crippen LogP contribution in [0.1, 0.15) is 37.5 Å². The van der Waals surface area contributed by atoms with Gasteiger partial charge in [0.05, 0.1) is 9.79 Å². The number of nitrogens with zero attached hydrogens (tertiary/aromatic N) is 2. The normalized spacial score (nSPS) is 11.8. The fraction of sp³-hybridized carbons (Fsp3) is 0.316. The van der Waals surface area contributed by atoms with Crippen molar-refractivity contribution in [2.24, 2.45) is 0 Å².